The van der Waals surface area contributed by atoms with Crippen LogP contribution in [-0.4, -0.2) is 17.0 Å². The van der Waals surface area contributed by atoms with E-state index in [1.54, 1.807) is 0 Å². The molecule has 1 aromatic carbocycles. The van der Waals surface area contributed by atoms with Crippen molar-refractivity contribution >= 4 is 11.8 Å². The second-order valence-corrected chi connectivity index (χ2v) is 5.80. The third-order valence-electron chi connectivity index (χ3n) is 3.53. The van der Waals surface area contributed by atoms with Crippen molar-refractivity contribution in [2.45, 2.75) is 43.6 Å². The molecule has 0 saturated heterocycles. The maximum Gasteiger partial charge on any atom is 0.0563 e. The molecule has 3 unspecified atom stereocenters. The Morgan fingerprint density at radius 2 is 2.19 bits per heavy atom. The van der Waals surface area contributed by atoms with Crippen LogP contribution >= 0.6 is 11.8 Å². The van der Waals surface area contributed by atoms with Gasteiger partial charge in [0.1, 0.15) is 0 Å². The molecule has 88 valence electrons. The minimum atomic E-state index is -0.141. The van der Waals surface area contributed by atoms with Crippen LogP contribution in [0.15, 0.2) is 29.2 Å². The summed E-state index contributed by atoms with van der Waals surface area (Å²) >= 11 is 1.96. The molecule has 0 fully saturated rings. The molecule has 0 bridgehead atoms. The van der Waals surface area contributed by atoms with Gasteiger partial charge in [-0.05, 0) is 36.3 Å². The van der Waals surface area contributed by atoms with Crippen molar-refractivity contribution in [1.82, 2.24) is 0 Å². The molecule has 0 spiro atoms. The topological polar surface area (TPSA) is 20.2 Å². The second-order valence-electron chi connectivity index (χ2n) is 4.73. The summed E-state index contributed by atoms with van der Waals surface area (Å²) in [5.41, 5.74) is 1.49. The van der Waals surface area contributed by atoms with E-state index in [2.05, 4.69) is 38.1 Å². The quantitative estimate of drug-likeness (QED) is 0.860. The van der Waals surface area contributed by atoms with Gasteiger partial charge in [-0.3, -0.25) is 0 Å². The van der Waals surface area contributed by atoms with Crippen molar-refractivity contribution in [3.8, 4) is 0 Å². The standard InChI is InChI=1S/C14H20OS/c1-3-13(15)10(2)8-11-9-16-14-7-5-4-6-12(11)14/h4-7,10-11,13,15H,3,8-9H2,1-2H3. The lowest BCUT2D eigenvalue weighted by Crippen LogP contribution is -2.19. The minimum absolute atomic E-state index is 0.141. The van der Waals surface area contributed by atoms with Crippen LogP contribution in [0.1, 0.15) is 38.2 Å². The van der Waals surface area contributed by atoms with Gasteiger partial charge in [0.15, 0.2) is 0 Å². The number of benzene rings is 1. The normalized spacial score (nSPS) is 22.8. The van der Waals surface area contributed by atoms with Crippen LogP contribution in [0.2, 0.25) is 0 Å². The SMILES string of the molecule is CCC(O)C(C)CC1CSc2ccccc21. The molecule has 0 aromatic heterocycles. The Bertz CT molecular complexity index is 350. The van der Waals surface area contributed by atoms with Gasteiger partial charge in [-0.25, -0.2) is 0 Å². The van der Waals surface area contributed by atoms with Gasteiger partial charge in [0.05, 0.1) is 6.10 Å². The molecule has 0 amide bonds. The largest absolute Gasteiger partial charge is 0.393 e. The van der Waals surface area contributed by atoms with Crippen LogP contribution in [0.25, 0.3) is 0 Å². The number of thioether (sulfide) groups is 1. The Kier molecular flexibility index (Phi) is 3.93. The smallest absolute Gasteiger partial charge is 0.0563 e. The van der Waals surface area contributed by atoms with Crippen LogP contribution in [0.3, 0.4) is 0 Å². The molecular weight excluding hydrogens is 216 g/mol. The molecule has 1 aromatic rings. The van der Waals surface area contributed by atoms with Crippen molar-refractivity contribution < 1.29 is 5.11 Å². The molecule has 1 N–H and O–H groups in total. The van der Waals surface area contributed by atoms with Gasteiger partial charge in [-0.15, -0.1) is 11.8 Å². The maximum atomic E-state index is 9.83. The molecule has 1 heterocycles. The highest BCUT2D eigenvalue weighted by atomic mass is 32.2. The van der Waals surface area contributed by atoms with Gasteiger partial charge in [0.2, 0.25) is 0 Å². The van der Waals surface area contributed by atoms with E-state index >= 15 is 0 Å². The first-order valence-electron chi connectivity index (χ1n) is 6.12. The van der Waals surface area contributed by atoms with Crippen molar-refractivity contribution in [1.29, 1.82) is 0 Å². The predicted molar refractivity (Wildman–Crippen MR) is 70.0 cm³/mol. The zero-order valence-corrected chi connectivity index (χ0v) is 10.8. The molecule has 0 saturated carbocycles. The monoisotopic (exact) mass is 236 g/mol. The van der Waals surface area contributed by atoms with Crippen LogP contribution in [0, 0.1) is 5.92 Å². The molecule has 2 heteroatoms. The summed E-state index contributed by atoms with van der Waals surface area (Å²) in [5, 5.41) is 9.83. The molecular formula is C14H20OS. The van der Waals surface area contributed by atoms with Crippen molar-refractivity contribution in [3.05, 3.63) is 29.8 Å². The Morgan fingerprint density at radius 1 is 1.44 bits per heavy atom. The maximum absolute atomic E-state index is 9.83. The predicted octanol–water partition coefficient (Wildman–Crippen LogP) is 3.67. The molecule has 1 aliphatic rings. The van der Waals surface area contributed by atoms with Gasteiger partial charge in [0.25, 0.3) is 0 Å². The molecule has 2 rings (SSSR count). The van der Waals surface area contributed by atoms with E-state index in [4.69, 9.17) is 0 Å². The fourth-order valence-electron chi connectivity index (χ4n) is 2.43. The Balaban J connectivity index is 2.03. The first kappa shape index (κ1) is 12.0. The lowest BCUT2D eigenvalue weighted by atomic mass is 9.87. The number of rotatable bonds is 4. The molecule has 16 heavy (non-hydrogen) atoms. The number of aliphatic hydroxyl groups is 1. The summed E-state index contributed by atoms with van der Waals surface area (Å²) in [6.07, 6.45) is 1.83. The van der Waals surface area contributed by atoms with Crippen LogP contribution in [0.4, 0.5) is 0 Å². The summed E-state index contributed by atoms with van der Waals surface area (Å²) in [6, 6.07) is 8.68. The Labute approximate surface area is 102 Å². The minimum Gasteiger partial charge on any atom is -0.393 e. The fraction of sp³-hybridized carbons (Fsp3) is 0.571. The van der Waals surface area contributed by atoms with Crippen molar-refractivity contribution in [2.24, 2.45) is 5.92 Å². The third kappa shape index (κ3) is 2.44. The summed E-state index contributed by atoms with van der Waals surface area (Å²) in [6.45, 7) is 4.22. The molecule has 3 atom stereocenters. The lowest BCUT2D eigenvalue weighted by molar-refractivity contribution is 0.105. The van der Waals surface area contributed by atoms with Gasteiger partial charge in [-0.1, -0.05) is 32.0 Å². The van der Waals surface area contributed by atoms with Gasteiger partial charge < -0.3 is 5.11 Å². The van der Waals surface area contributed by atoms with Crippen LogP contribution in [-0.2, 0) is 0 Å². The van der Waals surface area contributed by atoms with Crippen molar-refractivity contribution in [3.63, 3.8) is 0 Å². The Hall–Kier alpha value is -0.470. The zero-order valence-electron chi connectivity index (χ0n) is 10.0. The third-order valence-corrected chi connectivity index (χ3v) is 4.78. The van der Waals surface area contributed by atoms with Crippen LogP contribution < -0.4 is 0 Å². The van der Waals surface area contributed by atoms with E-state index in [0.717, 1.165) is 12.8 Å². The van der Waals surface area contributed by atoms with E-state index < -0.39 is 0 Å². The fourth-order valence-corrected chi connectivity index (χ4v) is 3.71. The van der Waals surface area contributed by atoms with E-state index in [1.807, 2.05) is 11.8 Å². The highest BCUT2D eigenvalue weighted by Crippen LogP contribution is 2.42. The van der Waals surface area contributed by atoms with E-state index in [-0.39, 0.29) is 6.10 Å². The highest BCUT2D eigenvalue weighted by molar-refractivity contribution is 7.99. The summed E-state index contributed by atoms with van der Waals surface area (Å²) in [4.78, 5) is 1.44. The summed E-state index contributed by atoms with van der Waals surface area (Å²) < 4.78 is 0. The number of hydrogen-bond acceptors (Lipinski definition) is 2. The molecule has 1 aliphatic heterocycles. The number of fused-ring (bicyclic) bond motifs is 1. The second kappa shape index (κ2) is 5.24. The summed E-state index contributed by atoms with van der Waals surface area (Å²) in [7, 11) is 0. The van der Waals surface area contributed by atoms with Crippen molar-refractivity contribution in [2.75, 3.05) is 5.75 Å². The van der Waals surface area contributed by atoms with E-state index in [1.165, 1.54) is 16.2 Å². The number of hydrogen-bond donors (Lipinski definition) is 1. The zero-order chi connectivity index (χ0) is 11.5. The van der Waals surface area contributed by atoms with E-state index in [0.29, 0.717) is 11.8 Å². The Morgan fingerprint density at radius 3 is 2.94 bits per heavy atom. The summed E-state index contributed by atoms with van der Waals surface area (Å²) in [5.74, 6) is 2.22. The molecule has 0 radical (unpaired) electrons. The van der Waals surface area contributed by atoms with Gasteiger partial charge in [-0.2, -0.15) is 0 Å². The average molecular weight is 236 g/mol. The van der Waals surface area contributed by atoms with Gasteiger partial charge >= 0.3 is 0 Å². The van der Waals surface area contributed by atoms with Gasteiger partial charge in [0, 0.05) is 10.6 Å². The number of aliphatic hydroxyl groups excluding tert-OH is 1. The van der Waals surface area contributed by atoms with Crippen LogP contribution in [0.5, 0.6) is 0 Å². The average Bonchev–Trinajstić information content (AvgIpc) is 2.72. The lowest BCUT2D eigenvalue weighted by Gasteiger charge is -2.21. The molecule has 0 aliphatic carbocycles. The van der Waals surface area contributed by atoms with E-state index in [9.17, 15) is 5.11 Å². The molecule has 1 nitrogen and oxygen atoms in total. The first-order valence-corrected chi connectivity index (χ1v) is 7.10. The first-order chi connectivity index (χ1) is 7.72. The highest BCUT2D eigenvalue weighted by Gasteiger charge is 2.26.